The highest BCUT2D eigenvalue weighted by Crippen LogP contribution is 2.20. The monoisotopic (exact) mass is 353 g/mol. The van der Waals surface area contributed by atoms with Crippen molar-refractivity contribution in [1.82, 2.24) is 9.80 Å². The molecular weight excluding hydrogens is 330 g/mol. The molecule has 1 aliphatic heterocycles. The summed E-state index contributed by atoms with van der Waals surface area (Å²) in [6.45, 7) is 9.72. The van der Waals surface area contributed by atoms with E-state index in [9.17, 15) is 4.79 Å². The van der Waals surface area contributed by atoms with Crippen molar-refractivity contribution < 1.29 is 4.79 Å². The molecule has 0 spiro atoms. The predicted molar refractivity (Wildman–Crippen MR) is 90.7 cm³/mol. The maximum absolute atomic E-state index is 12.2. The summed E-state index contributed by atoms with van der Waals surface area (Å²) in [4.78, 5) is 16.5. The molecule has 0 radical (unpaired) electrons. The highest BCUT2D eigenvalue weighted by molar-refractivity contribution is 9.10. The Morgan fingerprint density at radius 1 is 1.29 bits per heavy atom. The number of carbonyl (C=O) groups is 1. The van der Waals surface area contributed by atoms with E-state index in [4.69, 9.17) is 0 Å². The molecule has 5 heteroatoms. The fourth-order valence-corrected chi connectivity index (χ4v) is 2.87. The molecule has 1 aromatic rings. The number of amides is 1. The van der Waals surface area contributed by atoms with Crippen LogP contribution in [-0.2, 0) is 4.79 Å². The Morgan fingerprint density at radius 2 is 2.00 bits per heavy atom. The minimum absolute atomic E-state index is 0.254. The molecule has 1 N–H and O–H groups in total. The van der Waals surface area contributed by atoms with E-state index >= 15 is 0 Å². The fourth-order valence-electron chi connectivity index (χ4n) is 2.49. The number of hydrogen-bond donors (Lipinski definition) is 1. The minimum atomic E-state index is 0.254. The first-order valence-corrected chi connectivity index (χ1v) is 8.39. The lowest BCUT2D eigenvalue weighted by atomic mass is 10.2. The van der Waals surface area contributed by atoms with Crippen molar-refractivity contribution in [2.24, 2.45) is 0 Å². The van der Waals surface area contributed by atoms with Gasteiger partial charge in [-0.15, -0.1) is 0 Å². The van der Waals surface area contributed by atoms with Gasteiger partial charge in [0.1, 0.15) is 0 Å². The number of anilines is 1. The average molecular weight is 354 g/mol. The molecule has 0 bridgehead atoms. The molecule has 4 nitrogen and oxygen atoms in total. The Bertz CT molecular complexity index is 484. The van der Waals surface area contributed by atoms with Crippen molar-refractivity contribution in [1.29, 1.82) is 0 Å². The highest BCUT2D eigenvalue weighted by atomic mass is 79.9. The fraction of sp³-hybridized carbons (Fsp3) is 0.562. The summed E-state index contributed by atoms with van der Waals surface area (Å²) in [6.07, 6.45) is 0.553. The maximum atomic E-state index is 12.2. The van der Waals surface area contributed by atoms with Crippen molar-refractivity contribution >= 4 is 27.5 Å². The Hall–Kier alpha value is -1.07. The molecule has 0 aliphatic carbocycles. The van der Waals surface area contributed by atoms with Crippen LogP contribution in [-0.4, -0.2) is 55.0 Å². The van der Waals surface area contributed by atoms with E-state index in [0.717, 1.165) is 42.9 Å². The van der Waals surface area contributed by atoms with Gasteiger partial charge in [-0.2, -0.15) is 0 Å². The number of hydrogen-bond acceptors (Lipinski definition) is 3. The molecule has 21 heavy (non-hydrogen) atoms. The zero-order valence-electron chi connectivity index (χ0n) is 12.9. The second-order valence-corrected chi connectivity index (χ2v) is 6.31. The SMILES string of the molecule is CCN1CCN(C(=O)CCNc2ccc(C)c(Br)c2)CC1. The van der Waals surface area contributed by atoms with E-state index in [1.54, 1.807) is 0 Å². The van der Waals surface area contributed by atoms with Crippen molar-refractivity contribution in [3.63, 3.8) is 0 Å². The molecule has 1 fully saturated rings. The molecule has 116 valence electrons. The molecule has 1 saturated heterocycles. The molecule has 1 aromatic carbocycles. The molecular formula is C16H24BrN3O. The number of likely N-dealkylation sites (N-methyl/N-ethyl adjacent to an activating group) is 1. The van der Waals surface area contributed by atoms with Crippen LogP contribution in [0.3, 0.4) is 0 Å². The van der Waals surface area contributed by atoms with Gasteiger partial charge in [-0.05, 0) is 31.2 Å². The van der Waals surface area contributed by atoms with E-state index in [0.29, 0.717) is 13.0 Å². The van der Waals surface area contributed by atoms with Crippen LogP contribution < -0.4 is 5.32 Å². The van der Waals surface area contributed by atoms with Crippen LogP contribution >= 0.6 is 15.9 Å². The van der Waals surface area contributed by atoms with Crippen LogP contribution in [0.1, 0.15) is 18.9 Å². The largest absolute Gasteiger partial charge is 0.384 e. The van der Waals surface area contributed by atoms with Gasteiger partial charge in [-0.3, -0.25) is 4.79 Å². The second kappa shape index (κ2) is 7.80. The van der Waals surface area contributed by atoms with Crippen LogP contribution in [0.5, 0.6) is 0 Å². The first kappa shape index (κ1) is 16.3. The van der Waals surface area contributed by atoms with Gasteiger partial charge in [0.2, 0.25) is 5.91 Å². The quantitative estimate of drug-likeness (QED) is 0.883. The van der Waals surface area contributed by atoms with Crippen LogP contribution in [0, 0.1) is 6.92 Å². The standard InChI is InChI=1S/C16H24BrN3O/c1-3-19-8-10-20(11-9-19)16(21)6-7-18-14-5-4-13(2)15(17)12-14/h4-5,12,18H,3,6-11H2,1-2H3. The Kier molecular flexibility index (Phi) is 6.06. The van der Waals surface area contributed by atoms with Crippen LogP contribution in [0.2, 0.25) is 0 Å². The third kappa shape index (κ3) is 4.71. The van der Waals surface area contributed by atoms with Crippen molar-refractivity contribution in [2.75, 3.05) is 44.6 Å². The van der Waals surface area contributed by atoms with Gasteiger partial charge in [0.25, 0.3) is 0 Å². The number of carbonyl (C=O) groups excluding carboxylic acids is 1. The summed E-state index contributed by atoms with van der Waals surface area (Å²) >= 11 is 3.52. The lowest BCUT2D eigenvalue weighted by molar-refractivity contribution is -0.132. The Morgan fingerprint density at radius 3 is 2.62 bits per heavy atom. The van der Waals surface area contributed by atoms with Gasteiger partial charge in [-0.25, -0.2) is 0 Å². The summed E-state index contributed by atoms with van der Waals surface area (Å²) in [7, 11) is 0. The number of benzene rings is 1. The minimum Gasteiger partial charge on any atom is -0.384 e. The van der Waals surface area contributed by atoms with E-state index in [2.05, 4.69) is 52.1 Å². The summed E-state index contributed by atoms with van der Waals surface area (Å²) in [5, 5.41) is 3.31. The van der Waals surface area contributed by atoms with Gasteiger partial charge in [0, 0.05) is 49.3 Å². The number of piperazine rings is 1. The first-order chi connectivity index (χ1) is 10.1. The van der Waals surface area contributed by atoms with Crippen molar-refractivity contribution in [3.8, 4) is 0 Å². The molecule has 1 aliphatic rings. The normalized spacial score (nSPS) is 16.0. The average Bonchev–Trinajstić information content (AvgIpc) is 2.51. The highest BCUT2D eigenvalue weighted by Gasteiger charge is 2.19. The van der Waals surface area contributed by atoms with Gasteiger partial charge in [-0.1, -0.05) is 28.9 Å². The lowest BCUT2D eigenvalue weighted by Crippen LogP contribution is -2.48. The Balaban J connectivity index is 1.73. The van der Waals surface area contributed by atoms with Crippen LogP contribution in [0.4, 0.5) is 5.69 Å². The van der Waals surface area contributed by atoms with Crippen LogP contribution in [0.25, 0.3) is 0 Å². The topological polar surface area (TPSA) is 35.6 Å². The van der Waals surface area contributed by atoms with Crippen LogP contribution in [0.15, 0.2) is 22.7 Å². The number of rotatable bonds is 5. The molecule has 0 atom stereocenters. The molecule has 0 aromatic heterocycles. The van der Waals surface area contributed by atoms with E-state index in [1.165, 1.54) is 5.56 Å². The van der Waals surface area contributed by atoms with Crippen molar-refractivity contribution in [3.05, 3.63) is 28.2 Å². The summed E-state index contributed by atoms with van der Waals surface area (Å²) in [6, 6.07) is 6.17. The predicted octanol–water partition coefficient (Wildman–Crippen LogP) is 2.72. The Labute approximate surface area is 135 Å². The third-order valence-electron chi connectivity index (χ3n) is 4.01. The zero-order chi connectivity index (χ0) is 15.2. The number of nitrogens with one attached hydrogen (secondary N) is 1. The van der Waals surface area contributed by atoms with Gasteiger partial charge >= 0.3 is 0 Å². The van der Waals surface area contributed by atoms with Gasteiger partial charge in [0.05, 0.1) is 0 Å². The first-order valence-electron chi connectivity index (χ1n) is 7.60. The molecule has 2 rings (SSSR count). The number of aryl methyl sites for hydroxylation is 1. The van der Waals surface area contributed by atoms with Gasteiger partial charge < -0.3 is 15.1 Å². The lowest BCUT2D eigenvalue weighted by Gasteiger charge is -2.34. The molecule has 0 unspecified atom stereocenters. The smallest absolute Gasteiger partial charge is 0.224 e. The summed E-state index contributed by atoms with van der Waals surface area (Å²) in [5.41, 5.74) is 2.27. The van der Waals surface area contributed by atoms with E-state index in [1.807, 2.05) is 11.0 Å². The maximum Gasteiger partial charge on any atom is 0.224 e. The summed E-state index contributed by atoms with van der Waals surface area (Å²) < 4.78 is 1.09. The molecule has 0 saturated carbocycles. The number of halogens is 1. The number of nitrogens with zero attached hydrogens (tertiary/aromatic N) is 2. The van der Waals surface area contributed by atoms with Gasteiger partial charge in [0.15, 0.2) is 0 Å². The third-order valence-corrected chi connectivity index (χ3v) is 4.87. The zero-order valence-corrected chi connectivity index (χ0v) is 14.4. The molecule has 1 heterocycles. The molecule has 1 amide bonds. The van der Waals surface area contributed by atoms with E-state index < -0.39 is 0 Å². The summed E-state index contributed by atoms with van der Waals surface area (Å²) in [5.74, 6) is 0.254. The second-order valence-electron chi connectivity index (χ2n) is 5.46. The van der Waals surface area contributed by atoms with E-state index in [-0.39, 0.29) is 5.91 Å². The van der Waals surface area contributed by atoms with Crippen molar-refractivity contribution in [2.45, 2.75) is 20.3 Å².